The van der Waals surface area contributed by atoms with Crippen molar-refractivity contribution >= 4 is 17.1 Å². The third-order valence-electron chi connectivity index (χ3n) is 1.24. The maximum absolute atomic E-state index is 11.1. The zero-order valence-corrected chi connectivity index (χ0v) is 6.89. The van der Waals surface area contributed by atoms with Crippen LogP contribution in [0.3, 0.4) is 0 Å². The smallest absolute Gasteiger partial charge is 0.186 e. The Morgan fingerprint density at radius 2 is 2.33 bits per heavy atom. The first-order chi connectivity index (χ1) is 5.77. The average Bonchev–Trinajstić information content (AvgIpc) is 2.52. The molecule has 0 amide bonds. The molecule has 0 fully saturated rings. The molecule has 1 aromatic heterocycles. The van der Waals surface area contributed by atoms with E-state index in [4.69, 9.17) is 10.5 Å². The number of nitrogens with zero attached hydrogens (tertiary/aromatic N) is 2. The van der Waals surface area contributed by atoms with Crippen LogP contribution in [-0.2, 0) is 0 Å². The highest BCUT2D eigenvalue weighted by atomic mass is 32.1. The summed E-state index contributed by atoms with van der Waals surface area (Å²) >= 11 is 1.20. The van der Waals surface area contributed by atoms with Crippen molar-refractivity contribution in [2.45, 2.75) is 6.42 Å². The molecular weight excluding hydrogens is 172 g/mol. The van der Waals surface area contributed by atoms with Gasteiger partial charge in [-0.3, -0.25) is 4.79 Å². The van der Waals surface area contributed by atoms with Crippen molar-refractivity contribution < 1.29 is 4.79 Å². The Balaban J connectivity index is 2.85. The van der Waals surface area contributed by atoms with Gasteiger partial charge in [-0.25, -0.2) is 0 Å². The van der Waals surface area contributed by atoms with Crippen LogP contribution < -0.4 is 0 Å². The fraction of sp³-hybridized carbons (Fsp3) is 0.125. The Hall–Kier alpha value is -1.65. The molecule has 1 rings (SSSR count). The van der Waals surface area contributed by atoms with Gasteiger partial charge >= 0.3 is 0 Å². The number of nitriles is 2. The minimum absolute atomic E-state index is 0.120. The van der Waals surface area contributed by atoms with E-state index in [2.05, 4.69) is 0 Å². The average molecular weight is 176 g/mol. The highest BCUT2D eigenvalue weighted by Crippen LogP contribution is 2.15. The minimum Gasteiger partial charge on any atom is -0.292 e. The Morgan fingerprint density at radius 3 is 2.83 bits per heavy atom. The largest absolute Gasteiger partial charge is 0.292 e. The molecule has 0 aliphatic carbocycles. The summed E-state index contributed by atoms with van der Waals surface area (Å²) < 4.78 is 0. The molecule has 0 aromatic carbocycles. The maximum atomic E-state index is 11.1. The van der Waals surface area contributed by atoms with Crippen molar-refractivity contribution in [1.82, 2.24) is 0 Å². The molecule has 4 heteroatoms. The standard InChI is InChI=1S/C8H4N2OS/c9-2-1-7(11)8-3-6(4-10)5-12-8/h3,5H,1H2. The predicted octanol–water partition coefficient (Wildman–Crippen LogP) is 1.72. The number of rotatable bonds is 2. The van der Waals surface area contributed by atoms with Gasteiger partial charge in [0.2, 0.25) is 0 Å². The maximum Gasteiger partial charge on any atom is 0.186 e. The Morgan fingerprint density at radius 1 is 1.58 bits per heavy atom. The SMILES string of the molecule is N#CCC(=O)c1cc(C#N)cs1. The van der Waals surface area contributed by atoms with Crippen molar-refractivity contribution in [3.63, 3.8) is 0 Å². The highest BCUT2D eigenvalue weighted by molar-refractivity contribution is 7.12. The summed E-state index contributed by atoms with van der Waals surface area (Å²) in [6.45, 7) is 0. The molecule has 3 nitrogen and oxygen atoms in total. The van der Waals surface area contributed by atoms with Gasteiger partial charge in [0.15, 0.2) is 5.78 Å². The quantitative estimate of drug-likeness (QED) is 0.644. The van der Waals surface area contributed by atoms with E-state index in [9.17, 15) is 4.79 Å². The van der Waals surface area contributed by atoms with Gasteiger partial charge in [-0.05, 0) is 6.07 Å². The fourth-order valence-electron chi connectivity index (χ4n) is 0.700. The molecule has 1 aromatic rings. The lowest BCUT2D eigenvalue weighted by Gasteiger charge is -1.85. The van der Waals surface area contributed by atoms with E-state index in [1.165, 1.54) is 17.4 Å². The number of carbonyl (C=O) groups is 1. The second-order valence-electron chi connectivity index (χ2n) is 2.07. The summed E-state index contributed by atoms with van der Waals surface area (Å²) in [5.41, 5.74) is 0.473. The summed E-state index contributed by atoms with van der Waals surface area (Å²) in [5, 5.41) is 18.3. The molecule has 0 unspecified atom stereocenters. The topological polar surface area (TPSA) is 64.7 Å². The first kappa shape index (κ1) is 8.45. The van der Waals surface area contributed by atoms with Gasteiger partial charge in [0.1, 0.15) is 6.07 Å². The number of hydrogen-bond acceptors (Lipinski definition) is 4. The third kappa shape index (κ3) is 1.69. The minimum atomic E-state index is -0.219. The van der Waals surface area contributed by atoms with Crippen LogP contribution in [0.2, 0.25) is 0 Å². The molecule has 0 saturated carbocycles. The lowest BCUT2D eigenvalue weighted by molar-refractivity contribution is 0.100. The second-order valence-corrected chi connectivity index (χ2v) is 2.98. The molecule has 58 valence electrons. The monoisotopic (exact) mass is 176 g/mol. The number of carbonyl (C=O) groups excluding carboxylic acids is 1. The lowest BCUT2D eigenvalue weighted by atomic mass is 10.2. The molecule has 0 spiro atoms. The molecule has 0 saturated heterocycles. The Labute approximate surface area is 73.5 Å². The van der Waals surface area contributed by atoms with Crippen LogP contribution in [-0.4, -0.2) is 5.78 Å². The van der Waals surface area contributed by atoms with Gasteiger partial charge < -0.3 is 0 Å². The zero-order chi connectivity index (χ0) is 8.97. The number of thiophene rings is 1. The molecule has 0 aliphatic rings. The van der Waals surface area contributed by atoms with E-state index in [1.54, 1.807) is 11.4 Å². The second kappa shape index (κ2) is 3.66. The van der Waals surface area contributed by atoms with Gasteiger partial charge in [0, 0.05) is 5.38 Å². The molecular formula is C8H4N2OS. The third-order valence-corrected chi connectivity index (χ3v) is 2.21. The van der Waals surface area contributed by atoms with E-state index in [0.29, 0.717) is 10.4 Å². The van der Waals surface area contributed by atoms with Crippen LogP contribution in [0.5, 0.6) is 0 Å². The first-order valence-corrected chi connectivity index (χ1v) is 4.04. The number of ketones is 1. The number of hydrogen-bond donors (Lipinski definition) is 0. The van der Waals surface area contributed by atoms with Crippen LogP contribution in [0.15, 0.2) is 11.4 Å². The normalized spacial score (nSPS) is 8.50. The van der Waals surface area contributed by atoms with Crippen LogP contribution in [0.4, 0.5) is 0 Å². The van der Waals surface area contributed by atoms with Crippen molar-refractivity contribution in [3.8, 4) is 12.1 Å². The van der Waals surface area contributed by atoms with E-state index in [1.807, 2.05) is 6.07 Å². The van der Waals surface area contributed by atoms with Gasteiger partial charge in [0.25, 0.3) is 0 Å². The summed E-state index contributed by atoms with van der Waals surface area (Å²) in [6.07, 6.45) is -0.120. The predicted molar refractivity (Wildman–Crippen MR) is 43.6 cm³/mol. The molecule has 0 radical (unpaired) electrons. The van der Waals surface area contributed by atoms with E-state index in [-0.39, 0.29) is 12.2 Å². The van der Waals surface area contributed by atoms with Crippen molar-refractivity contribution in [2.75, 3.05) is 0 Å². The van der Waals surface area contributed by atoms with Crippen LogP contribution in [0, 0.1) is 22.7 Å². The number of Topliss-reactive ketones (excluding diaryl/α,β-unsaturated/α-hetero) is 1. The Kier molecular flexibility index (Phi) is 2.57. The first-order valence-electron chi connectivity index (χ1n) is 3.16. The molecule has 0 N–H and O–H groups in total. The van der Waals surface area contributed by atoms with E-state index >= 15 is 0 Å². The van der Waals surface area contributed by atoms with Gasteiger partial charge in [-0.1, -0.05) is 0 Å². The van der Waals surface area contributed by atoms with Crippen molar-refractivity contribution in [1.29, 1.82) is 10.5 Å². The fourth-order valence-corrected chi connectivity index (χ4v) is 1.47. The van der Waals surface area contributed by atoms with E-state index < -0.39 is 0 Å². The summed E-state index contributed by atoms with van der Waals surface area (Å²) in [6, 6.07) is 5.19. The van der Waals surface area contributed by atoms with Gasteiger partial charge in [-0.15, -0.1) is 11.3 Å². The molecule has 0 aliphatic heterocycles. The van der Waals surface area contributed by atoms with Crippen molar-refractivity contribution in [3.05, 3.63) is 21.9 Å². The van der Waals surface area contributed by atoms with Crippen LogP contribution >= 0.6 is 11.3 Å². The highest BCUT2D eigenvalue weighted by Gasteiger charge is 2.07. The Bertz CT molecular complexity index is 380. The molecule has 1 heterocycles. The summed E-state index contributed by atoms with van der Waals surface area (Å²) in [5.74, 6) is -0.219. The molecule has 12 heavy (non-hydrogen) atoms. The zero-order valence-electron chi connectivity index (χ0n) is 6.07. The van der Waals surface area contributed by atoms with Gasteiger partial charge in [-0.2, -0.15) is 10.5 Å². The summed E-state index contributed by atoms with van der Waals surface area (Å²) in [7, 11) is 0. The van der Waals surface area contributed by atoms with Crippen molar-refractivity contribution in [2.24, 2.45) is 0 Å². The molecule has 0 atom stereocenters. The van der Waals surface area contributed by atoms with Crippen LogP contribution in [0.25, 0.3) is 0 Å². The van der Waals surface area contributed by atoms with E-state index in [0.717, 1.165) is 0 Å². The molecule has 0 bridgehead atoms. The van der Waals surface area contributed by atoms with Crippen LogP contribution in [0.1, 0.15) is 21.7 Å². The lowest BCUT2D eigenvalue weighted by Crippen LogP contribution is -1.92. The van der Waals surface area contributed by atoms with Gasteiger partial charge in [0.05, 0.1) is 22.9 Å². The summed E-state index contributed by atoms with van der Waals surface area (Å²) in [4.78, 5) is 11.5.